The molecule has 0 spiro atoms. The maximum absolute atomic E-state index is 12.6. The van der Waals surface area contributed by atoms with Crippen molar-refractivity contribution in [2.45, 2.75) is 65.2 Å². The van der Waals surface area contributed by atoms with Crippen molar-refractivity contribution >= 4 is 23.9 Å². The SMILES string of the molecule is C[C@]12CC/C(=N\OCCN)C[C@@H]1[C@@H](CO)C[C@@H]1[C@@H]2CC[C@]2(C)C(=O)CC[C@@H]12.Cl. The smallest absolute Gasteiger partial charge is 0.139 e. The Morgan fingerprint density at radius 3 is 2.68 bits per heavy atom. The van der Waals surface area contributed by atoms with Crippen LogP contribution in [0.2, 0.25) is 0 Å². The van der Waals surface area contributed by atoms with Crippen LogP contribution >= 0.6 is 12.4 Å². The topological polar surface area (TPSA) is 84.9 Å². The molecule has 0 aromatic rings. The largest absolute Gasteiger partial charge is 0.396 e. The van der Waals surface area contributed by atoms with Crippen molar-refractivity contribution in [1.29, 1.82) is 0 Å². The number of fused-ring (bicyclic) bond motifs is 5. The van der Waals surface area contributed by atoms with Gasteiger partial charge in [0.2, 0.25) is 0 Å². The predicted molar refractivity (Wildman–Crippen MR) is 112 cm³/mol. The van der Waals surface area contributed by atoms with Gasteiger partial charge < -0.3 is 15.7 Å². The number of carbonyl (C=O) groups is 1. The quantitative estimate of drug-likeness (QED) is 0.546. The Balaban J connectivity index is 0.00000225. The van der Waals surface area contributed by atoms with E-state index in [1.54, 1.807) is 0 Å². The van der Waals surface area contributed by atoms with Crippen molar-refractivity contribution < 1.29 is 14.7 Å². The minimum absolute atomic E-state index is 0. The lowest BCUT2D eigenvalue weighted by Gasteiger charge is -2.61. The molecule has 6 heteroatoms. The Hall–Kier alpha value is -0.650. The maximum Gasteiger partial charge on any atom is 0.139 e. The second kappa shape index (κ2) is 8.23. The Labute approximate surface area is 175 Å². The van der Waals surface area contributed by atoms with Gasteiger partial charge in [0.15, 0.2) is 0 Å². The minimum Gasteiger partial charge on any atom is -0.396 e. The third kappa shape index (κ3) is 3.31. The lowest BCUT2D eigenvalue weighted by atomic mass is 9.43. The summed E-state index contributed by atoms with van der Waals surface area (Å²) in [6.07, 6.45) is 8.19. The third-order valence-electron chi connectivity index (χ3n) is 9.03. The first-order valence-electron chi connectivity index (χ1n) is 11.0. The average molecular weight is 413 g/mol. The number of hydrogen-bond donors (Lipinski definition) is 2. The van der Waals surface area contributed by atoms with E-state index in [-0.39, 0.29) is 29.8 Å². The van der Waals surface area contributed by atoms with Crippen molar-refractivity contribution in [1.82, 2.24) is 0 Å². The molecule has 5 nitrogen and oxygen atoms in total. The van der Waals surface area contributed by atoms with Crippen molar-refractivity contribution in [3.05, 3.63) is 0 Å². The third-order valence-corrected chi connectivity index (χ3v) is 9.03. The Bertz CT molecular complexity index is 627. The number of nitrogens with zero attached hydrogens (tertiary/aromatic N) is 1. The molecule has 0 saturated heterocycles. The maximum atomic E-state index is 12.6. The molecule has 0 radical (unpaired) electrons. The number of rotatable bonds is 4. The number of Topliss-reactive ketones (excluding diaryl/α,β-unsaturated/α-hetero) is 1. The first-order chi connectivity index (χ1) is 12.9. The number of halogens is 1. The number of ketones is 1. The van der Waals surface area contributed by atoms with Gasteiger partial charge in [-0.2, -0.15) is 0 Å². The Kier molecular flexibility index (Phi) is 6.48. The molecular formula is C22H37ClN2O3. The molecule has 0 heterocycles. The Morgan fingerprint density at radius 1 is 1.18 bits per heavy atom. The van der Waals surface area contributed by atoms with Crippen molar-refractivity contribution in [3.63, 3.8) is 0 Å². The van der Waals surface area contributed by atoms with Crippen LogP contribution in [-0.4, -0.2) is 36.4 Å². The summed E-state index contributed by atoms with van der Waals surface area (Å²) < 4.78 is 0. The number of oxime groups is 1. The van der Waals surface area contributed by atoms with E-state index in [1.165, 1.54) is 6.42 Å². The minimum atomic E-state index is -0.0955. The zero-order valence-electron chi connectivity index (χ0n) is 17.4. The zero-order chi connectivity index (χ0) is 19.2. The van der Waals surface area contributed by atoms with Gasteiger partial charge in [-0.05, 0) is 80.0 Å². The van der Waals surface area contributed by atoms with Gasteiger partial charge >= 0.3 is 0 Å². The summed E-state index contributed by atoms with van der Waals surface area (Å²) in [6, 6.07) is 0. The molecule has 0 amide bonds. The van der Waals surface area contributed by atoms with E-state index in [0.29, 0.717) is 48.5 Å². The van der Waals surface area contributed by atoms with E-state index < -0.39 is 0 Å². The number of aliphatic hydroxyl groups excluding tert-OH is 1. The van der Waals surface area contributed by atoms with E-state index in [9.17, 15) is 9.90 Å². The summed E-state index contributed by atoms with van der Waals surface area (Å²) in [5.41, 5.74) is 6.79. The molecule has 4 fully saturated rings. The molecule has 0 bridgehead atoms. The monoisotopic (exact) mass is 412 g/mol. The highest BCUT2D eigenvalue weighted by Gasteiger charge is 2.61. The first-order valence-corrected chi connectivity index (χ1v) is 11.0. The Morgan fingerprint density at radius 2 is 1.96 bits per heavy atom. The molecule has 0 aliphatic heterocycles. The fourth-order valence-electron chi connectivity index (χ4n) is 7.55. The van der Waals surface area contributed by atoms with Crippen LogP contribution in [0.3, 0.4) is 0 Å². The van der Waals surface area contributed by atoms with Gasteiger partial charge in [-0.3, -0.25) is 4.79 Å². The lowest BCUT2D eigenvalue weighted by Crippen LogP contribution is -2.56. The summed E-state index contributed by atoms with van der Waals surface area (Å²) in [5.74, 6) is 3.09. The second-order valence-corrected chi connectivity index (χ2v) is 10.1. The molecule has 160 valence electrons. The van der Waals surface area contributed by atoms with Gasteiger partial charge in [0.1, 0.15) is 12.4 Å². The molecule has 0 unspecified atom stereocenters. The van der Waals surface area contributed by atoms with E-state index in [0.717, 1.165) is 50.7 Å². The van der Waals surface area contributed by atoms with Crippen LogP contribution < -0.4 is 5.73 Å². The number of hydrogen-bond acceptors (Lipinski definition) is 5. The molecule has 28 heavy (non-hydrogen) atoms. The fourth-order valence-corrected chi connectivity index (χ4v) is 7.55. The fraction of sp³-hybridized carbons (Fsp3) is 0.909. The van der Waals surface area contributed by atoms with Crippen LogP contribution in [-0.2, 0) is 9.63 Å². The van der Waals surface area contributed by atoms with Crippen LogP contribution in [0, 0.1) is 40.4 Å². The highest BCUT2D eigenvalue weighted by molar-refractivity contribution is 5.87. The molecule has 4 saturated carbocycles. The van der Waals surface area contributed by atoms with Crippen molar-refractivity contribution in [3.8, 4) is 0 Å². The van der Waals surface area contributed by atoms with E-state index >= 15 is 0 Å². The van der Waals surface area contributed by atoms with Crippen LogP contribution in [0.1, 0.15) is 65.2 Å². The highest BCUT2D eigenvalue weighted by atomic mass is 35.5. The second-order valence-electron chi connectivity index (χ2n) is 10.1. The molecule has 7 atom stereocenters. The normalized spacial score (nSPS) is 46.4. The molecule has 0 aromatic carbocycles. The van der Waals surface area contributed by atoms with Gasteiger partial charge in [0, 0.05) is 25.0 Å². The number of nitrogens with two attached hydrogens (primary N) is 1. The van der Waals surface area contributed by atoms with Crippen LogP contribution in [0.15, 0.2) is 5.16 Å². The molecule has 4 aliphatic rings. The van der Waals surface area contributed by atoms with Gasteiger partial charge in [-0.15, -0.1) is 12.4 Å². The average Bonchev–Trinajstić information content (AvgIpc) is 2.96. The lowest BCUT2D eigenvalue weighted by molar-refractivity contribution is -0.145. The zero-order valence-corrected chi connectivity index (χ0v) is 18.2. The summed E-state index contributed by atoms with van der Waals surface area (Å²) in [5, 5.41) is 14.6. The standard InChI is InChI=1S/C22H36N2O3.ClH/c1-21-7-5-15(24-27-10-9-23)12-19(21)14(13-25)11-16-17-3-4-20(26)22(17,2)8-6-18(16)21;/h14,16-19,25H,3-13,23H2,1-2H3;1H/b24-15+;/t14-,16+,17+,18+,19-,21-,22+;/m1./s1. The van der Waals surface area contributed by atoms with Crippen molar-refractivity contribution in [2.75, 3.05) is 19.8 Å². The summed E-state index contributed by atoms with van der Waals surface area (Å²) in [4.78, 5) is 18.0. The molecular weight excluding hydrogens is 376 g/mol. The van der Waals surface area contributed by atoms with Gasteiger partial charge in [-0.25, -0.2) is 0 Å². The van der Waals surface area contributed by atoms with E-state index in [4.69, 9.17) is 10.6 Å². The van der Waals surface area contributed by atoms with Crippen LogP contribution in [0.4, 0.5) is 0 Å². The van der Waals surface area contributed by atoms with E-state index in [2.05, 4.69) is 19.0 Å². The highest BCUT2D eigenvalue weighted by Crippen LogP contribution is 2.66. The predicted octanol–water partition coefficient (Wildman–Crippen LogP) is 3.57. The first kappa shape index (κ1) is 22.0. The van der Waals surface area contributed by atoms with E-state index in [1.807, 2.05) is 0 Å². The molecule has 3 N–H and O–H groups in total. The number of carbonyl (C=O) groups excluding carboxylic acids is 1. The van der Waals surface area contributed by atoms with Crippen LogP contribution in [0.5, 0.6) is 0 Å². The van der Waals surface area contributed by atoms with Crippen LogP contribution in [0.25, 0.3) is 0 Å². The molecule has 0 aromatic heterocycles. The van der Waals surface area contributed by atoms with Gasteiger partial charge in [-0.1, -0.05) is 19.0 Å². The van der Waals surface area contributed by atoms with Gasteiger partial charge in [0.25, 0.3) is 0 Å². The summed E-state index contributed by atoms with van der Waals surface area (Å²) >= 11 is 0. The summed E-state index contributed by atoms with van der Waals surface area (Å²) in [6.45, 7) is 5.89. The number of aliphatic hydroxyl groups is 1. The summed E-state index contributed by atoms with van der Waals surface area (Å²) in [7, 11) is 0. The molecule has 4 rings (SSSR count). The van der Waals surface area contributed by atoms with Crippen molar-refractivity contribution in [2.24, 2.45) is 51.3 Å². The van der Waals surface area contributed by atoms with Gasteiger partial charge in [0.05, 0.1) is 5.71 Å². The molecule has 4 aliphatic carbocycles.